The summed E-state index contributed by atoms with van der Waals surface area (Å²) in [5.41, 5.74) is 0.784. The van der Waals surface area contributed by atoms with Gasteiger partial charge in [-0.3, -0.25) is 14.7 Å². The predicted octanol–water partition coefficient (Wildman–Crippen LogP) is 5.78. The second kappa shape index (κ2) is 8.20. The number of benzene rings is 3. The molecular formula is C23H16ClF2N3O2. The molecular weight excluding hydrogens is 424 g/mol. The van der Waals surface area contributed by atoms with Gasteiger partial charge in [-0.2, -0.15) is 0 Å². The van der Waals surface area contributed by atoms with E-state index < -0.39 is 17.7 Å². The minimum atomic E-state index is -0.919. The standard InChI is InChI=1S/C23H16ClF2N3O2/c1-29-21(28-23(31)27-19-10-8-15(25)12-18(19)26)20(13-5-3-2-4-6-13)17-11-14(24)7-9-16(17)22(29)30/h2-12H,1H3,(H2,27,28,31). The number of urea groups is 1. The largest absolute Gasteiger partial charge is 0.324 e. The van der Waals surface area contributed by atoms with Crippen molar-refractivity contribution in [2.24, 2.45) is 7.05 Å². The summed E-state index contributed by atoms with van der Waals surface area (Å²) in [5, 5.41) is 6.39. The van der Waals surface area contributed by atoms with Gasteiger partial charge in [-0.1, -0.05) is 41.9 Å². The van der Waals surface area contributed by atoms with Crippen LogP contribution in [0.3, 0.4) is 0 Å². The van der Waals surface area contributed by atoms with Crippen LogP contribution in [0.1, 0.15) is 0 Å². The zero-order valence-electron chi connectivity index (χ0n) is 16.2. The fourth-order valence-electron chi connectivity index (χ4n) is 3.38. The summed E-state index contributed by atoms with van der Waals surface area (Å²) in [7, 11) is 1.52. The number of carbonyl (C=O) groups excluding carboxylic acids is 1. The maximum atomic E-state index is 13.9. The Labute approximate surface area is 180 Å². The molecule has 3 aromatic carbocycles. The summed E-state index contributed by atoms with van der Waals surface area (Å²) in [4.78, 5) is 25.6. The highest BCUT2D eigenvalue weighted by Crippen LogP contribution is 2.35. The first-order valence-electron chi connectivity index (χ1n) is 9.26. The Kier molecular flexibility index (Phi) is 5.44. The van der Waals surface area contributed by atoms with Crippen LogP contribution in [0.2, 0.25) is 5.02 Å². The molecule has 0 unspecified atom stereocenters. The summed E-state index contributed by atoms with van der Waals surface area (Å²) in [6, 6.07) is 16.1. The van der Waals surface area contributed by atoms with Crippen LogP contribution in [0.15, 0.2) is 71.5 Å². The van der Waals surface area contributed by atoms with Crippen molar-refractivity contribution in [2.45, 2.75) is 0 Å². The van der Waals surface area contributed by atoms with E-state index in [9.17, 15) is 18.4 Å². The highest BCUT2D eigenvalue weighted by Gasteiger charge is 2.19. The summed E-state index contributed by atoms with van der Waals surface area (Å²) >= 11 is 6.18. The van der Waals surface area contributed by atoms with E-state index >= 15 is 0 Å². The monoisotopic (exact) mass is 439 g/mol. The van der Waals surface area contributed by atoms with Crippen LogP contribution in [0.25, 0.3) is 21.9 Å². The van der Waals surface area contributed by atoms with Gasteiger partial charge in [-0.15, -0.1) is 0 Å². The number of halogens is 3. The summed E-state index contributed by atoms with van der Waals surface area (Å²) in [5.74, 6) is -1.48. The smallest absolute Gasteiger partial charge is 0.305 e. The van der Waals surface area contributed by atoms with Crippen molar-refractivity contribution in [1.82, 2.24) is 4.57 Å². The van der Waals surface area contributed by atoms with Gasteiger partial charge < -0.3 is 5.32 Å². The van der Waals surface area contributed by atoms with Gasteiger partial charge in [0.15, 0.2) is 0 Å². The van der Waals surface area contributed by atoms with E-state index in [1.807, 2.05) is 30.3 Å². The van der Waals surface area contributed by atoms with Gasteiger partial charge >= 0.3 is 6.03 Å². The van der Waals surface area contributed by atoms with Crippen molar-refractivity contribution >= 4 is 39.9 Å². The topological polar surface area (TPSA) is 63.1 Å². The van der Waals surface area contributed by atoms with Crippen LogP contribution in [0.5, 0.6) is 0 Å². The average Bonchev–Trinajstić information content (AvgIpc) is 2.74. The Morgan fingerprint density at radius 1 is 0.935 bits per heavy atom. The number of pyridine rings is 1. The second-order valence-corrected chi connectivity index (χ2v) is 7.28. The van der Waals surface area contributed by atoms with Gasteiger partial charge in [0.1, 0.15) is 17.5 Å². The molecule has 0 spiro atoms. The minimum absolute atomic E-state index is 0.200. The van der Waals surface area contributed by atoms with Crippen LogP contribution in [0, 0.1) is 11.6 Å². The van der Waals surface area contributed by atoms with E-state index in [1.54, 1.807) is 18.2 Å². The van der Waals surface area contributed by atoms with E-state index in [2.05, 4.69) is 10.6 Å². The van der Waals surface area contributed by atoms with Crippen molar-refractivity contribution in [2.75, 3.05) is 10.6 Å². The first kappa shape index (κ1) is 20.6. The number of rotatable bonds is 3. The van der Waals surface area contributed by atoms with Crippen LogP contribution < -0.4 is 16.2 Å². The van der Waals surface area contributed by atoms with Crippen LogP contribution in [0.4, 0.5) is 25.1 Å². The first-order valence-corrected chi connectivity index (χ1v) is 9.63. The lowest BCUT2D eigenvalue weighted by atomic mass is 9.99. The predicted molar refractivity (Wildman–Crippen MR) is 119 cm³/mol. The highest BCUT2D eigenvalue weighted by atomic mass is 35.5. The first-order chi connectivity index (χ1) is 14.8. The molecule has 1 aromatic heterocycles. The summed E-state index contributed by atoms with van der Waals surface area (Å²) in [6.07, 6.45) is 0. The number of amides is 2. The normalized spacial score (nSPS) is 10.8. The number of nitrogens with zero attached hydrogens (tertiary/aromatic N) is 1. The van der Waals surface area contributed by atoms with Crippen LogP contribution >= 0.6 is 11.6 Å². The summed E-state index contributed by atoms with van der Waals surface area (Å²) < 4.78 is 28.4. The van der Waals surface area contributed by atoms with Gasteiger partial charge in [-0.05, 0) is 35.9 Å². The number of anilines is 2. The SMILES string of the molecule is Cn1c(NC(=O)Nc2ccc(F)cc2F)c(-c2ccccc2)c2cc(Cl)ccc2c1=O. The molecule has 8 heteroatoms. The Hall–Kier alpha value is -3.71. The number of nitrogens with one attached hydrogen (secondary N) is 2. The van der Waals surface area contributed by atoms with E-state index in [1.165, 1.54) is 11.6 Å². The van der Waals surface area contributed by atoms with Gasteiger partial charge in [0.2, 0.25) is 0 Å². The maximum absolute atomic E-state index is 13.9. The number of carbonyl (C=O) groups is 1. The Morgan fingerprint density at radius 3 is 2.39 bits per heavy atom. The van der Waals surface area contributed by atoms with Crippen LogP contribution in [-0.4, -0.2) is 10.6 Å². The molecule has 4 aromatic rings. The van der Waals surface area contributed by atoms with E-state index in [0.717, 1.165) is 17.7 Å². The van der Waals surface area contributed by atoms with E-state index in [0.29, 0.717) is 27.4 Å². The fraction of sp³-hybridized carbons (Fsp3) is 0.0435. The number of hydrogen-bond acceptors (Lipinski definition) is 2. The van der Waals surface area contributed by atoms with E-state index in [4.69, 9.17) is 11.6 Å². The van der Waals surface area contributed by atoms with Gasteiger partial charge in [-0.25, -0.2) is 13.6 Å². The molecule has 0 saturated carbocycles. The third-order valence-electron chi connectivity index (χ3n) is 4.83. The molecule has 0 radical (unpaired) electrons. The zero-order chi connectivity index (χ0) is 22.1. The lowest BCUT2D eigenvalue weighted by Crippen LogP contribution is -2.27. The zero-order valence-corrected chi connectivity index (χ0v) is 17.0. The Morgan fingerprint density at radius 2 is 1.68 bits per heavy atom. The van der Waals surface area contributed by atoms with E-state index in [-0.39, 0.29) is 17.1 Å². The molecule has 0 fully saturated rings. The molecule has 156 valence electrons. The quantitative estimate of drug-likeness (QED) is 0.425. The maximum Gasteiger partial charge on any atom is 0.324 e. The summed E-state index contributed by atoms with van der Waals surface area (Å²) in [6.45, 7) is 0. The number of aromatic nitrogens is 1. The average molecular weight is 440 g/mol. The van der Waals surface area contributed by atoms with Crippen molar-refractivity contribution < 1.29 is 13.6 Å². The molecule has 31 heavy (non-hydrogen) atoms. The molecule has 0 aliphatic rings. The Balaban J connectivity index is 1.86. The van der Waals surface area contributed by atoms with Crippen LogP contribution in [-0.2, 0) is 7.05 Å². The molecule has 1 heterocycles. The Bertz CT molecular complexity index is 1370. The van der Waals surface area contributed by atoms with Gasteiger partial charge in [0, 0.05) is 34.5 Å². The highest BCUT2D eigenvalue weighted by molar-refractivity contribution is 6.31. The molecule has 2 amide bonds. The number of fused-ring (bicyclic) bond motifs is 1. The lowest BCUT2D eigenvalue weighted by molar-refractivity contribution is 0.262. The molecule has 0 atom stereocenters. The second-order valence-electron chi connectivity index (χ2n) is 6.85. The molecule has 0 saturated heterocycles. The third kappa shape index (κ3) is 4.00. The van der Waals surface area contributed by atoms with Gasteiger partial charge in [0.05, 0.1) is 5.69 Å². The molecule has 0 aliphatic heterocycles. The lowest BCUT2D eigenvalue weighted by Gasteiger charge is -2.19. The molecule has 4 rings (SSSR count). The minimum Gasteiger partial charge on any atom is -0.305 e. The molecule has 0 aliphatic carbocycles. The van der Waals surface area contributed by atoms with Crippen molar-refractivity contribution in [1.29, 1.82) is 0 Å². The molecule has 5 nitrogen and oxygen atoms in total. The van der Waals surface area contributed by atoms with Crippen molar-refractivity contribution in [3.63, 3.8) is 0 Å². The number of hydrogen-bond donors (Lipinski definition) is 2. The van der Waals surface area contributed by atoms with Gasteiger partial charge in [0.25, 0.3) is 5.56 Å². The third-order valence-corrected chi connectivity index (χ3v) is 5.07. The van der Waals surface area contributed by atoms with Crippen molar-refractivity contribution in [3.05, 3.63) is 93.7 Å². The van der Waals surface area contributed by atoms with Crippen molar-refractivity contribution in [3.8, 4) is 11.1 Å². The fourth-order valence-corrected chi connectivity index (χ4v) is 3.55. The molecule has 2 N–H and O–H groups in total. The molecule has 0 bridgehead atoms.